The molecule has 1 rings (SSSR count). The Morgan fingerprint density at radius 1 is 1.29 bits per heavy atom. The third kappa shape index (κ3) is 6.12. The lowest BCUT2D eigenvalue weighted by Crippen LogP contribution is -2.56. The Kier molecular flexibility index (Phi) is 6.32. The summed E-state index contributed by atoms with van der Waals surface area (Å²) in [5.41, 5.74) is 0. The second-order valence-corrected chi connectivity index (χ2v) is 14.5. The van der Waals surface area contributed by atoms with Crippen molar-refractivity contribution < 1.29 is 23.2 Å². The number of hydrogen-bond donors (Lipinski definition) is 0. The van der Waals surface area contributed by atoms with Gasteiger partial charge in [0.25, 0.3) is 8.48 Å². The zero-order chi connectivity index (χ0) is 16.1. The van der Waals surface area contributed by atoms with Crippen molar-refractivity contribution in [3.8, 4) is 0 Å². The Morgan fingerprint density at radius 2 is 1.95 bits per heavy atom. The SMILES string of the molecule is C=CC(=O)OCOC(=O)CN1CCC[Si](C)(C)O[Si]1(C)C. The minimum absolute atomic E-state index is 0.176. The molecule has 0 saturated carbocycles. The summed E-state index contributed by atoms with van der Waals surface area (Å²) in [6.07, 6.45) is 2.06. The van der Waals surface area contributed by atoms with Gasteiger partial charge in [0, 0.05) is 6.08 Å². The maximum atomic E-state index is 11.8. The summed E-state index contributed by atoms with van der Waals surface area (Å²) in [7, 11) is -3.69. The molecule has 120 valence electrons. The van der Waals surface area contributed by atoms with Crippen LogP contribution >= 0.6 is 0 Å². The summed E-state index contributed by atoms with van der Waals surface area (Å²) in [5, 5.41) is 0. The molecule has 0 aromatic heterocycles. The zero-order valence-corrected chi connectivity index (χ0v) is 15.3. The van der Waals surface area contributed by atoms with Crippen LogP contribution in [0.2, 0.25) is 32.2 Å². The summed E-state index contributed by atoms with van der Waals surface area (Å²) in [6, 6.07) is 1.10. The highest BCUT2D eigenvalue weighted by Gasteiger charge is 2.41. The first-order valence-electron chi connectivity index (χ1n) is 7.06. The number of carbonyl (C=O) groups excluding carboxylic acids is 2. The normalized spacial score (nSPS) is 21.1. The van der Waals surface area contributed by atoms with E-state index in [0.717, 1.165) is 25.1 Å². The largest absolute Gasteiger partial charge is 0.444 e. The maximum absolute atomic E-state index is 11.8. The molecule has 1 fully saturated rings. The van der Waals surface area contributed by atoms with Gasteiger partial charge in [-0.1, -0.05) is 6.58 Å². The van der Waals surface area contributed by atoms with Gasteiger partial charge in [-0.25, -0.2) is 4.79 Å². The smallest absolute Gasteiger partial charge is 0.333 e. The van der Waals surface area contributed by atoms with Gasteiger partial charge in [-0.05, 0) is 45.2 Å². The Morgan fingerprint density at radius 3 is 2.57 bits per heavy atom. The fourth-order valence-electron chi connectivity index (χ4n) is 2.44. The first-order valence-corrected chi connectivity index (χ1v) is 13.0. The van der Waals surface area contributed by atoms with Crippen molar-refractivity contribution in [3.63, 3.8) is 0 Å². The Bertz CT molecular complexity index is 411. The van der Waals surface area contributed by atoms with Gasteiger partial charge in [0.15, 0.2) is 8.32 Å². The molecule has 0 aromatic carbocycles. The van der Waals surface area contributed by atoms with Crippen LogP contribution in [0.25, 0.3) is 0 Å². The molecule has 0 unspecified atom stereocenters. The van der Waals surface area contributed by atoms with Crippen LogP contribution in [-0.4, -0.2) is 53.2 Å². The van der Waals surface area contributed by atoms with E-state index in [1.165, 1.54) is 0 Å². The van der Waals surface area contributed by atoms with E-state index in [0.29, 0.717) is 0 Å². The maximum Gasteiger partial charge on any atom is 0.333 e. The van der Waals surface area contributed by atoms with Crippen molar-refractivity contribution in [3.05, 3.63) is 12.7 Å². The second-order valence-electron chi connectivity index (χ2n) is 6.14. The molecular weight excluding hydrogens is 306 g/mol. The quantitative estimate of drug-likeness (QED) is 0.331. The molecule has 0 aliphatic carbocycles. The van der Waals surface area contributed by atoms with Gasteiger partial charge < -0.3 is 13.6 Å². The van der Waals surface area contributed by atoms with E-state index in [2.05, 4.69) is 42.1 Å². The highest BCUT2D eigenvalue weighted by Crippen LogP contribution is 2.26. The van der Waals surface area contributed by atoms with E-state index in [1.807, 2.05) is 0 Å². The van der Waals surface area contributed by atoms with Gasteiger partial charge in [0.1, 0.15) is 0 Å². The van der Waals surface area contributed by atoms with Crippen molar-refractivity contribution in [2.45, 2.75) is 38.7 Å². The van der Waals surface area contributed by atoms with Gasteiger partial charge in [-0.3, -0.25) is 9.36 Å². The molecule has 0 spiro atoms. The number of ether oxygens (including phenoxy) is 2. The number of nitrogens with zero attached hydrogens (tertiary/aromatic N) is 1. The van der Waals surface area contributed by atoms with E-state index < -0.39 is 28.7 Å². The number of carbonyl (C=O) groups is 2. The topological polar surface area (TPSA) is 65.1 Å². The molecule has 1 aliphatic heterocycles. The third-order valence-electron chi connectivity index (χ3n) is 3.40. The fourth-order valence-corrected chi connectivity index (χ4v) is 11.0. The molecule has 21 heavy (non-hydrogen) atoms. The van der Waals surface area contributed by atoms with Crippen LogP contribution in [-0.2, 0) is 23.2 Å². The molecule has 0 atom stereocenters. The van der Waals surface area contributed by atoms with E-state index in [9.17, 15) is 9.59 Å². The van der Waals surface area contributed by atoms with Gasteiger partial charge in [-0.2, -0.15) is 0 Å². The van der Waals surface area contributed by atoms with Gasteiger partial charge in [0.05, 0.1) is 6.54 Å². The first kappa shape index (κ1) is 18.1. The molecular formula is C13H25NO5Si2. The number of esters is 2. The summed E-state index contributed by atoms with van der Waals surface area (Å²) in [4.78, 5) is 22.7. The molecule has 6 nitrogen and oxygen atoms in total. The fraction of sp³-hybridized carbons (Fsp3) is 0.692. The molecule has 1 aliphatic rings. The van der Waals surface area contributed by atoms with Gasteiger partial charge in [0.2, 0.25) is 6.79 Å². The molecule has 0 bridgehead atoms. The Balaban J connectivity index is 2.50. The molecule has 0 N–H and O–H groups in total. The highest BCUT2D eigenvalue weighted by molar-refractivity contribution is 6.83. The third-order valence-corrected chi connectivity index (χ3v) is 11.1. The van der Waals surface area contributed by atoms with Crippen molar-refractivity contribution in [2.75, 3.05) is 19.9 Å². The lowest BCUT2D eigenvalue weighted by atomic mass is 10.4. The predicted octanol–water partition coefficient (Wildman–Crippen LogP) is 1.85. The number of rotatable bonds is 5. The van der Waals surface area contributed by atoms with Crippen LogP contribution in [0.5, 0.6) is 0 Å². The van der Waals surface area contributed by atoms with E-state index >= 15 is 0 Å². The highest BCUT2D eigenvalue weighted by atomic mass is 28.4. The molecule has 1 saturated heterocycles. The second kappa shape index (κ2) is 7.34. The average molecular weight is 332 g/mol. The standard InChI is InChI=1S/C13H25NO5Si2/c1-6-12(15)17-11-18-13(16)10-14-8-7-9-20(2,3)19-21(14,4)5/h6H,1,7-11H2,2-5H3. The summed E-state index contributed by atoms with van der Waals surface area (Å²) < 4.78 is 18.0. The summed E-state index contributed by atoms with van der Waals surface area (Å²) in [6.45, 7) is 12.6. The minimum Gasteiger partial charge on any atom is -0.444 e. The van der Waals surface area contributed by atoms with Crippen LogP contribution in [0.1, 0.15) is 6.42 Å². The lowest BCUT2D eigenvalue weighted by molar-refractivity contribution is -0.164. The molecule has 0 aromatic rings. The van der Waals surface area contributed by atoms with Crippen LogP contribution in [0.4, 0.5) is 0 Å². The van der Waals surface area contributed by atoms with Crippen LogP contribution < -0.4 is 0 Å². The predicted molar refractivity (Wildman–Crippen MR) is 84.3 cm³/mol. The van der Waals surface area contributed by atoms with Crippen molar-refractivity contribution >= 4 is 28.7 Å². The van der Waals surface area contributed by atoms with Crippen LogP contribution in [0, 0.1) is 0 Å². The molecule has 0 radical (unpaired) electrons. The summed E-state index contributed by atoms with van der Waals surface area (Å²) >= 11 is 0. The van der Waals surface area contributed by atoms with Gasteiger partial charge >= 0.3 is 11.9 Å². The molecule has 1 heterocycles. The first-order chi connectivity index (χ1) is 9.66. The Hall–Kier alpha value is -0.966. The zero-order valence-electron chi connectivity index (χ0n) is 13.3. The van der Waals surface area contributed by atoms with Crippen molar-refractivity contribution in [1.82, 2.24) is 4.57 Å². The van der Waals surface area contributed by atoms with Crippen molar-refractivity contribution in [2.24, 2.45) is 0 Å². The molecule has 0 amide bonds. The number of hydrogen-bond acceptors (Lipinski definition) is 6. The Labute approximate surface area is 128 Å². The van der Waals surface area contributed by atoms with E-state index in [-0.39, 0.29) is 13.3 Å². The van der Waals surface area contributed by atoms with Crippen molar-refractivity contribution in [1.29, 1.82) is 0 Å². The summed E-state index contributed by atoms with van der Waals surface area (Å²) in [5.74, 6) is -1.01. The van der Waals surface area contributed by atoms with E-state index in [1.54, 1.807) is 0 Å². The van der Waals surface area contributed by atoms with E-state index in [4.69, 9.17) is 8.85 Å². The monoisotopic (exact) mass is 331 g/mol. The minimum atomic E-state index is -2.07. The van der Waals surface area contributed by atoms with Crippen LogP contribution in [0.3, 0.4) is 0 Å². The van der Waals surface area contributed by atoms with Gasteiger partial charge in [-0.15, -0.1) is 0 Å². The average Bonchev–Trinajstić information content (AvgIpc) is 2.44. The lowest BCUT2D eigenvalue weighted by Gasteiger charge is -2.37. The molecule has 8 heteroatoms. The van der Waals surface area contributed by atoms with Crippen LogP contribution in [0.15, 0.2) is 12.7 Å².